The number of amides is 1. The Morgan fingerprint density at radius 2 is 1.28 bits per heavy atom. The van der Waals surface area contributed by atoms with Crippen molar-refractivity contribution in [3.05, 3.63) is 29.1 Å². The second kappa shape index (κ2) is 4.98. The number of halogens is 5. The molecule has 0 unspecified atom stereocenters. The SMILES string of the molecule is O=C(O)CC(=O)Nc1c(F)c(F)c(F)c(F)c1F. The molecule has 18 heavy (non-hydrogen) atoms. The second-order valence-corrected chi connectivity index (χ2v) is 3.06. The fourth-order valence-electron chi connectivity index (χ4n) is 1.04. The van der Waals surface area contributed by atoms with E-state index in [1.54, 1.807) is 0 Å². The molecule has 0 saturated heterocycles. The van der Waals surface area contributed by atoms with Gasteiger partial charge in [0.05, 0.1) is 0 Å². The summed E-state index contributed by atoms with van der Waals surface area (Å²) in [5, 5.41) is 9.50. The smallest absolute Gasteiger partial charge is 0.312 e. The van der Waals surface area contributed by atoms with Crippen molar-refractivity contribution in [2.75, 3.05) is 5.32 Å². The summed E-state index contributed by atoms with van der Waals surface area (Å²) in [6.45, 7) is 0. The summed E-state index contributed by atoms with van der Waals surface area (Å²) in [7, 11) is 0. The van der Waals surface area contributed by atoms with Gasteiger partial charge in [-0.05, 0) is 0 Å². The Morgan fingerprint density at radius 3 is 1.67 bits per heavy atom. The maximum absolute atomic E-state index is 13.0. The lowest BCUT2D eigenvalue weighted by atomic mass is 10.2. The van der Waals surface area contributed by atoms with Gasteiger partial charge < -0.3 is 10.4 Å². The molecule has 0 saturated carbocycles. The van der Waals surface area contributed by atoms with Gasteiger partial charge in [-0.15, -0.1) is 0 Å². The Kier molecular flexibility index (Phi) is 3.84. The van der Waals surface area contributed by atoms with Crippen LogP contribution in [-0.4, -0.2) is 17.0 Å². The Bertz CT molecular complexity index is 502. The van der Waals surface area contributed by atoms with Crippen LogP contribution in [0.2, 0.25) is 0 Å². The molecule has 0 heterocycles. The number of nitrogens with one attached hydrogen (secondary N) is 1. The quantitative estimate of drug-likeness (QED) is 0.380. The molecule has 0 spiro atoms. The molecule has 9 heteroatoms. The van der Waals surface area contributed by atoms with Crippen LogP contribution in [0.1, 0.15) is 6.42 Å². The van der Waals surface area contributed by atoms with Crippen LogP contribution in [0.3, 0.4) is 0 Å². The molecule has 1 rings (SSSR count). The third-order valence-corrected chi connectivity index (χ3v) is 1.79. The van der Waals surface area contributed by atoms with Gasteiger partial charge in [-0.2, -0.15) is 0 Å². The number of carboxylic acid groups (broad SMARTS) is 1. The van der Waals surface area contributed by atoms with Crippen LogP contribution in [0.4, 0.5) is 27.6 Å². The molecule has 0 aromatic heterocycles. The number of carbonyl (C=O) groups excluding carboxylic acids is 1. The van der Waals surface area contributed by atoms with Crippen molar-refractivity contribution in [2.45, 2.75) is 6.42 Å². The van der Waals surface area contributed by atoms with Gasteiger partial charge in [0.1, 0.15) is 12.1 Å². The first-order chi connectivity index (χ1) is 8.25. The molecule has 98 valence electrons. The summed E-state index contributed by atoms with van der Waals surface area (Å²) >= 11 is 0. The first kappa shape index (κ1) is 13.9. The van der Waals surface area contributed by atoms with Gasteiger partial charge in [-0.1, -0.05) is 0 Å². The highest BCUT2D eigenvalue weighted by molar-refractivity contribution is 6.01. The summed E-state index contributed by atoms with van der Waals surface area (Å²) in [4.78, 5) is 21.0. The van der Waals surface area contributed by atoms with E-state index in [2.05, 4.69) is 0 Å². The van der Waals surface area contributed by atoms with Crippen molar-refractivity contribution >= 4 is 17.6 Å². The standard InChI is InChI=1S/C9H4F5NO3/c10-4-5(11)7(13)9(8(14)6(4)12)15-2(16)1-3(17)18/h1H2,(H,15,16)(H,17,18). The summed E-state index contributed by atoms with van der Waals surface area (Å²) in [5.74, 6) is -14.4. The molecule has 0 radical (unpaired) electrons. The van der Waals surface area contributed by atoms with E-state index in [0.717, 1.165) is 0 Å². The number of carbonyl (C=O) groups is 2. The number of carboxylic acids is 1. The first-order valence-corrected chi connectivity index (χ1v) is 4.28. The van der Waals surface area contributed by atoms with Crippen LogP contribution >= 0.6 is 0 Å². The number of aliphatic carboxylic acids is 1. The number of benzene rings is 1. The van der Waals surface area contributed by atoms with Gasteiger partial charge in [0.2, 0.25) is 11.7 Å². The minimum absolute atomic E-state index is 1.18. The van der Waals surface area contributed by atoms with Crippen molar-refractivity contribution in [1.29, 1.82) is 0 Å². The first-order valence-electron chi connectivity index (χ1n) is 4.28. The largest absolute Gasteiger partial charge is 0.481 e. The van der Waals surface area contributed by atoms with Gasteiger partial charge in [0, 0.05) is 0 Å². The topological polar surface area (TPSA) is 66.4 Å². The van der Waals surface area contributed by atoms with E-state index in [0.29, 0.717) is 0 Å². The monoisotopic (exact) mass is 269 g/mol. The maximum Gasteiger partial charge on any atom is 0.312 e. The molecule has 0 atom stereocenters. The average molecular weight is 269 g/mol. The van der Waals surface area contributed by atoms with E-state index < -0.39 is 53.1 Å². The van der Waals surface area contributed by atoms with Gasteiger partial charge in [-0.25, -0.2) is 22.0 Å². The molecule has 0 aliphatic heterocycles. The Morgan fingerprint density at radius 1 is 0.889 bits per heavy atom. The number of hydrogen-bond acceptors (Lipinski definition) is 2. The van der Waals surface area contributed by atoms with Gasteiger partial charge in [0.25, 0.3) is 0 Å². The molecule has 2 N–H and O–H groups in total. The lowest BCUT2D eigenvalue weighted by Gasteiger charge is -2.08. The fraction of sp³-hybridized carbons (Fsp3) is 0.111. The average Bonchev–Trinajstić information content (AvgIpc) is 2.29. The van der Waals surface area contributed by atoms with E-state index in [-0.39, 0.29) is 0 Å². The molecule has 1 aromatic rings. The fourth-order valence-corrected chi connectivity index (χ4v) is 1.04. The Balaban J connectivity index is 3.18. The zero-order chi connectivity index (χ0) is 14.0. The molecule has 1 amide bonds. The zero-order valence-corrected chi connectivity index (χ0v) is 8.36. The maximum atomic E-state index is 13.0. The number of anilines is 1. The van der Waals surface area contributed by atoms with Crippen LogP contribution in [0.25, 0.3) is 0 Å². The van der Waals surface area contributed by atoms with Crippen molar-refractivity contribution in [3.63, 3.8) is 0 Å². The van der Waals surface area contributed by atoms with E-state index >= 15 is 0 Å². The van der Waals surface area contributed by atoms with Crippen LogP contribution in [0, 0.1) is 29.1 Å². The normalized spacial score (nSPS) is 10.3. The van der Waals surface area contributed by atoms with Crippen LogP contribution < -0.4 is 5.32 Å². The highest BCUT2D eigenvalue weighted by atomic mass is 19.2. The zero-order valence-electron chi connectivity index (χ0n) is 8.36. The summed E-state index contributed by atoms with van der Waals surface area (Å²) in [6.07, 6.45) is -1.18. The van der Waals surface area contributed by atoms with Crippen LogP contribution in [-0.2, 0) is 9.59 Å². The molecular weight excluding hydrogens is 265 g/mol. The third kappa shape index (κ3) is 2.55. The third-order valence-electron chi connectivity index (χ3n) is 1.79. The van der Waals surface area contributed by atoms with Crippen LogP contribution in [0.5, 0.6) is 0 Å². The van der Waals surface area contributed by atoms with E-state index in [9.17, 15) is 31.5 Å². The molecule has 1 aromatic carbocycles. The summed E-state index contributed by atoms with van der Waals surface area (Å²) < 4.78 is 64.0. The molecule has 0 aliphatic carbocycles. The van der Waals surface area contributed by atoms with Crippen molar-refractivity contribution in [3.8, 4) is 0 Å². The second-order valence-electron chi connectivity index (χ2n) is 3.06. The summed E-state index contributed by atoms with van der Waals surface area (Å²) in [6, 6.07) is 0. The van der Waals surface area contributed by atoms with Crippen molar-refractivity contribution < 1.29 is 36.6 Å². The van der Waals surface area contributed by atoms with Gasteiger partial charge >= 0.3 is 5.97 Å². The van der Waals surface area contributed by atoms with Crippen molar-refractivity contribution in [2.24, 2.45) is 0 Å². The van der Waals surface area contributed by atoms with E-state index in [4.69, 9.17) is 5.11 Å². The number of rotatable bonds is 3. The Hall–Kier alpha value is -2.19. The predicted molar refractivity (Wildman–Crippen MR) is 47.1 cm³/mol. The molecule has 0 aliphatic rings. The molecule has 4 nitrogen and oxygen atoms in total. The Labute approximate surface area is 96.0 Å². The van der Waals surface area contributed by atoms with E-state index in [1.165, 1.54) is 5.32 Å². The minimum atomic E-state index is -2.37. The van der Waals surface area contributed by atoms with Gasteiger partial charge in [0.15, 0.2) is 23.3 Å². The molecule has 0 fully saturated rings. The lowest BCUT2D eigenvalue weighted by molar-refractivity contribution is -0.139. The highest BCUT2D eigenvalue weighted by Crippen LogP contribution is 2.27. The van der Waals surface area contributed by atoms with Gasteiger partial charge in [-0.3, -0.25) is 9.59 Å². The number of hydrogen-bond donors (Lipinski definition) is 2. The van der Waals surface area contributed by atoms with E-state index in [1.807, 2.05) is 0 Å². The summed E-state index contributed by atoms with van der Waals surface area (Å²) in [5.41, 5.74) is -1.59. The lowest BCUT2D eigenvalue weighted by Crippen LogP contribution is -2.19. The minimum Gasteiger partial charge on any atom is -0.481 e. The molecule has 0 bridgehead atoms. The highest BCUT2D eigenvalue weighted by Gasteiger charge is 2.27. The van der Waals surface area contributed by atoms with Crippen LogP contribution in [0.15, 0.2) is 0 Å². The molecular formula is C9H4F5NO3. The predicted octanol–water partition coefficient (Wildman–Crippen LogP) is 1.80. The van der Waals surface area contributed by atoms with Crippen molar-refractivity contribution in [1.82, 2.24) is 0 Å².